The summed E-state index contributed by atoms with van der Waals surface area (Å²) < 4.78 is 4.62. The monoisotopic (exact) mass is 440 g/mol. The highest BCUT2D eigenvalue weighted by Gasteiger charge is 2.49. The number of imide groups is 1. The lowest BCUT2D eigenvalue weighted by atomic mass is 9.91. The van der Waals surface area contributed by atoms with E-state index in [0.717, 1.165) is 4.90 Å². The molecule has 0 aromatic heterocycles. The van der Waals surface area contributed by atoms with Gasteiger partial charge in [-0.2, -0.15) is 0 Å². The van der Waals surface area contributed by atoms with E-state index in [-0.39, 0.29) is 17.8 Å². The smallest absolute Gasteiger partial charge is 0.337 e. The van der Waals surface area contributed by atoms with Crippen LogP contribution in [0.15, 0.2) is 48.5 Å². The minimum Gasteiger partial charge on any atom is -0.465 e. The molecule has 2 aromatic rings. The van der Waals surface area contributed by atoms with Crippen LogP contribution in [0.1, 0.15) is 28.4 Å². The molecule has 0 radical (unpaired) electrons. The number of nitrogens with one attached hydrogen (secondary N) is 2. The summed E-state index contributed by atoms with van der Waals surface area (Å²) >= 11 is 0. The quantitative estimate of drug-likeness (QED) is 0.287. The van der Waals surface area contributed by atoms with E-state index in [1.54, 1.807) is 24.3 Å². The van der Waals surface area contributed by atoms with Gasteiger partial charge in [0.05, 0.1) is 17.6 Å². The number of ether oxygens (including phenoxy) is 1. The zero-order chi connectivity index (χ0) is 23.5. The number of nitro benzene ring substituents is 1. The van der Waals surface area contributed by atoms with E-state index in [9.17, 15) is 29.3 Å². The third-order valence-electron chi connectivity index (χ3n) is 5.08. The first-order valence-corrected chi connectivity index (χ1v) is 9.48. The van der Waals surface area contributed by atoms with Gasteiger partial charge in [-0.25, -0.2) is 9.59 Å². The number of esters is 1. The van der Waals surface area contributed by atoms with Crippen molar-refractivity contribution in [2.45, 2.75) is 19.0 Å². The van der Waals surface area contributed by atoms with Crippen molar-refractivity contribution in [2.24, 2.45) is 0 Å². The molecule has 2 aromatic carbocycles. The number of nitrogens with zero attached hydrogens (tertiary/aromatic N) is 2. The molecule has 0 aliphatic carbocycles. The zero-order valence-electron chi connectivity index (χ0n) is 17.3. The third-order valence-corrected chi connectivity index (χ3v) is 5.08. The lowest BCUT2D eigenvalue weighted by Crippen LogP contribution is -2.43. The predicted octanol–water partition coefficient (Wildman–Crippen LogP) is 1.46. The van der Waals surface area contributed by atoms with Crippen LogP contribution >= 0.6 is 0 Å². The van der Waals surface area contributed by atoms with Crippen molar-refractivity contribution in [3.05, 3.63) is 75.3 Å². The average molecular weight is 440 g/mol. The minimum absolute atomic E-state index is 0.117. The molecule has 11 nitrogen and oxygen atoms in total. The summed E-state index contributed by atoms with van der Waals surface area (Å²) in [5.74, 6) is -1.75. The van der Waals surface area contributed by atoms with Gasteiger partial charge in [0.2, 0.25) is 5.91 Å². The fourth-order valence-electron chi connectivity index (χ4n) is 3.24. The molecular weight excluding hydrogens is 420 g/mol. The molecule has 4 amide bonds. The molecule has 32 heavy (non-hydrogen) atoms. The molecule has 2 N–H and O–H groups in total. The van der Waals surface area contributed by atoms with Gasteiger partial charge in [-0.1, -0.05) is 24.3 Å². The Hall–Kier alpha value is -4.28. The van der Waals surface area contributed by atoms with Crippen molar-refractivity contribution in [1.29, 1.82) is 0 Å². The molecule has 1 atom stereocenters. The Labute approximate surface area is 182 Å². The van der Waals surface area contributed by atoms with Gasteiger partial charge >= 0.3 is 12.0 Å². The van der Waals surface area contributed by atoms with Gasteiger partial charge in [0.15, 0.2) is 0 Å². The van der Waals surface area contributed by atoms with Crippen molar-refractivity contribution >= 4 is 29.5 Å². The van der Waals surface area contributed by atoms with Crippen molar-refractivity contribution < 1.29 is 28.8 Å². The third kappa shape index (κ3) is 4.41. The first kappa shape index (κ1) is 22.4. The summed E-state index contributed by atoms with van der Waals surface area (Å²) in [6, 6.07) is 11.0. The lowest BCUT2D eigenvalue weighted by Gasteiger charge is -2.22. The summed E-state index contributed by atoms with van der Waals surface area (Å²) in [5.41, 5.74) is -0.460. The first-order valence-electron chi connectivity index (χ1n) is 9.48. The van der Waals surface area contributed by atoms with E-state index in [4.69, 9.17) is 0 Å². The Morgan fingerprint density at radius 3 is 2.50 bits per heavy atom. The fourth-order valence-corrected chi connectivity index (χ4v) is 3.24. The molecule has 1 saturated heterocycles. The van der Waals surface area contributed by atoms with E-state index in [1.807, 2.05) is 0 Å². The second-order valence-electron chi connectivity index (χ2n) is 7.22. The highest BCUT2D eigenvalue weighted by atomic mass is 16.6. The number of amides is 4. The maximum Gasteiger partial charge on any atom is 0.337 e. The van der Waals surface area contributed by atoms with Gasteiger partial charge in [-0.3, -0.25) is 24.6 Å². The molecule has 1 unspecified atom stereocenters. The number of rotatable bonds is 7. The highest BCUT2D eigenvalue weighted by molar-refractivity contribution is 6.09. The van der Waals surface area contributed by atoms with Gasteiger partial charge in [0.1, 0.15) is 12.1 Å². The molecule has 0 bridgehead atoms. The largest absolute Gasteiger partial charge is 0.465 e. The number of non-ortho nitro benzene ring substituents is 1. The van der Waals surface area contributed by atoms with Gasteiger partial charge in [0, 0.05) is 18.7 Å². The van der Waals surface area contributed by atoms with Crippen LogP contribution in [-0.2, 0) is 26.4 Å². The van der Waals surface area contributed by atoms with Crippen LogP contribution < -0.4 is 10.6 Å². The van der Waals surface area contributed by atoms with E-state index in [2.05, 4.69) is 15.4 Å². The Morgan fingerprint density at radius 2 is 1.88 bits per heavy atom. The van der Waals surface area contributed by atoms with Crippen LogP contribution in [0.4, 0.5) is 10.5 Å². The van der Waals surface area contributed by atoms with E-state index >= 15 is 0 Å². The Kier molecular flexibility index (Phi) is 6.19. The first-order chi connectivity index (χ1) is 15.2. The van der Waals surface area contributed by atoms with E-state index < -0.39 is 40.8 Å². The standard InChI is InChI=1S/C21H20N4O7/c1-21(15-4-3-5-16(10-15)25(30)31)19(28)24(20(29)23-21)12-17(26)22-11-13-6-8-14(9-7-13)18(27)32-2/h3-10H,11-12H2,1-2H3,(H,22,26)(H,23,29). The van der Waals surface area contributed by atoms with Crippen LogP contribution in [0.2, 0.25) is 0 Å². The minimum atomic E-state index is -1.53. The summed E-state index contributed by atoms with van der Waals surface area (Å²) in [5, 5.41) is 16.1. The zero-order valence-corrected chi connectivity index (χ0v) is 17.3. The Morgan fingerprint density at radius 1 is 1.19 bits per heavy atom. The molecule has 1 aliphatic heterocycles. The number of hydrogen-bond donors (Lipinski definition) is 2. The normalized spacial score (nSPS) is 17.6. The van der Waals surface area contributed by atoms with E-state index in [0.29, 0.717) is 11.1 Å². The topological polar surface area (TPSA) is 148 Å². The van der Waals surface area contributed by atoms with Crippen molar-refractivity contribution in [1.82, 2.24) is 15.5 Å². The summed E-state index contributed by atoms with van der Waals surface area (Å²) in [6.07, 6.45) is 0. The van der Waals surface area contributed by atoms with Gasteiger partial charge in [0.25, 0.3) is 11.6 Å². The maximum atomic E-state index is 12.9. The van der Waals surface area contributed by atoms with Crippen LogP contribution in [0.3, 0.4) is 0 Å². The highest BCUT2D eigenvalue weighted by Crippen LogP contribution is 2.30. The summed E-state index contributed by atoms with van der Waals surface area (Å²) in [6.45, 7) is 1.02. The fraction of sp³-hybridized carbons (Fsp3) is 0.238. The second kappa shape index (κ2) is 8.84. The number of methoxy groups -OCH3 is 1. The molecule has 0 spiro atoms. The van der Waals surface area contributed by atoms with Crippen LogP contribution in [0.5, 0.6) is 0 Å². The van der Waals surface area contributed by atoms with Gasteiger partial charge in [-0.05, 0) is 30.2 Å². The number of carbonyl (C=O) groups excluding carboxylic acids is 4. The number of benzene rings is 2. The summed E-state index contributed by atoms with van der Waals surface area (Å²) in [7, 11) is 1.27. The maximum absolute atomic E-state index is 12.9. The Balaban J connectivity index is 1.65. The molecule has 0 saturated carbocycles. The number of carbonyl (C=O) groups is 4. The predicted molar refractivity (Wildman–Crippen MR) is 110 cm³/mol. The molecule has 1 aliphatic rings. The molecule has 11 heteroatoms. The van der Waals surface area contributed by atoms with Crippen LogP contribution in [-0.4, -0.2) is 47.3 Å². The molecule has 166 valence electrons. The second-order valence-corrected chi connectivity index (χ2v) is 7.22. The van der Waals surface area contributed by atoms with Gasteiger partial charge in [-0.15, -0.1) is 0 Å². The van der Waals surface area contributed by atoms with Gasteiger partial charge < -0.3 is 15.4 Å². The number of urea groups is 1. The average Bonchev–Trinajstić information content (AvgIpc) is 3.01. The lowest BCUT2D eigenvalue weighted by molar-refractivity contribution is -0.385. The molecular formula is C21H20N4O7. The van der Waals surface area contributed by atoms with Crippen LogP contribution in [0.25, 0.3) is 0 Å². The molecule has 3 rings (SSSR count). The van der Waals surface area contributed by atoms with E-state index in [1.165, 1.54) is 38.3 Å². The van der Waals surface area contributed by atoms with Crippen molar-refractivity contribution in [2.75, 3.05) is 13.7 Å². The molecule has 1 fully saturated rings. The Bertz CT molecular complexity index is 1100. The SMILES string of the molecule is COC(=O)c1ccc(CNC(=O)CN2C(=O)NC(C)(c3cccc([N+](=O)[O-])c3)C2=O)cc1. The van der Waals surface area contributed by atoms with Crippen molar-refractivity contribution in [3.8, 4) is 0 Å². The number of hydrogen-bond acceptors (Lipinski definition) is 7. The van der Waals surface area contributed by atoms with Crippen molar-refractivity contribution in [3.63, 3.8) is 0 Å². The summed E-state index contributed by atoms with van der Waals surface area (Å²) in [4.78, 5) is 60.2. The number of nitro groups is 1. The van der Waals surface area contributed by atoms with Crippen LogP contribution in [0, 0.1) is 10.1 Å². The molecule has 1 heterocycles.